The Morgan fingerprint density at radius 3 is 2.44 bits per heavy atom. The van der Waals surface area contributed by atoms with E-state index in [1.807, 2.05) is 6.92 Å². The number of carbonyl (C=O) groups excluding carboxylic acids is 1. The summed E-state index contributed by atoms with van der Waals surface area (Å²) in [4.78, 5) is 10.9. The van der Waals surface area contributed by atoms with Crippen molar-refractivity contribution in [3.05, 3.63) is 48.0 Å². The molecule has 1 heterocycles. The molecule has 2 unspecified atom stereocenters. The molecule has 1 fully saturated rings. The van der Waals surface area contributed by atoms with Crippen molar-refractivity contribution in [2.75, 3.05) is 13.1 Å². The Morgan fingerprint density at radius 1 is 1.32 bits per heavy atom. The van der Waals surface area contributed by atoms with E-state index in [1.165, 1.54) is 6.08 Å². The number of nitrogens with one attached hydrogen (secondary N) is 1. The summed E-state index contributed by atoms with van der Waals surface area (Å²) in [7, 11) is -4.01. The van der Waals surface area contributed by atoms with Crippen LogP contribution in [0, 0.1) is 6.92 Å². The lowest BCUT2D eigenvalue weighted by Crippen LogP contribution is -2.43. The lowest BCUT2D eigenvalue weighted by atomic mass is 9.91. The summed E-state index contributed by atoms with van der Waals surface area (Å²) in [6, 6.07) is 6.96. The second-order valence-electron chi connectivity index (χ2n) is 6.42. The molecule has 1 aromatic carbocycles. The molecule has 5 nitrogen and oxygen atoms in total. The van der Waals surface area contributed by atoms with Crippen molar-refractivity contribution < 1.29 is 22.3 Å². The van der Waals surface area contributed by atoms with Crippen molar-refractivity contribution >= 4 is 16.3 Å². The molecule has 7 heteroatoms. The zero-order valence-corrected chi connectivity index (χ0v) is 15.1. The minimum atomic E-state index is -4.01. The third-order valence-electron chi connectivity index (χ3n) is 4.58. The molecule has 1 aliphatic rings. The third kappa shape index (κ3) is 4.67. The summed E-state index contributed by atoms with van der Waals surface area (Å²) in [6.45, 7) is 6.50. The predicted molar refractivity (Wildman–Crippen MR) is 94.5 cm³/mol. The van der Waals surface area contributed by atoms with E-state index in [0.29, 0.717) is 18.7 Å². The first-order valence-electron chi connectivity index (χ1n) is 8.23. The smallest absolute Gasteiger partial charge is 0.294 e. The van der Waals surface area contributed by atoms with Gasteiger partial charge in [-0.25, -0.2) is 12.8 Å². The fourth-order valence-electron chi connectivity index (χ4n) is 3.06. The van der Waals surface area contributed by atoms with Gasteiger partial charge in [0.15, 0.2) is 9.84 Å². The number of hydrogen-bond donors (Lipinski definition) is 1. The molecule has 138 valence electrons. The highest BCUT2D eigenvalue weighted by atomic mass is 32.2. The molecule has 1 aliphatic heterocycles. The van der Waals surface area contributed by atoms with Gasteiger partial charge >= 0.3 is 0 Å². The SMILES string of the molecule is C=CC(c1ccc(C)cc1)S(=O)(=O)C(CC1(F)CCNCC1)OC=O. The molecule has 1 saturated heterocycles. The number of halogens is 1. The molecule has 0 amide bonds. The highest BCUT2D eigenvalue weighted by Gasteiger charge is 2.43. The molecule has 0 radical (unpaired) electrons. The molecule has 1 N–H and O–H groups in total. The van der Waals surface area contributed by atoms with Gasteiger partial charge in [0.05, 0.1) is 0 Å². The van der Waals surface area contributed by atoms with Gasteiger partial charge in [0, 0.05) is 6.42 Å². The van der Waals surface area contributed by atoms with Gasteiger partial charge < -0.3 is 10.1 Å². The maximum absolute atomic E-state index is 15.0. The average molecular weight is 369 g/mol. The van der Waals surface area contributed by atoms with Gasteiger partial charge in [0.1, 0.15) is 10.9 Å². The number of carbonyl (C=O) groups is 1. The predicted octanol–water partition coefficient (Wildman–Crippen LogP) is 2.62. The van der Waals surface area contributed by atoms with Crippen LogP contribution in [0.2, 0.25) is 0 Å². The summed E-state index contributed by atoms with van der Waals surface area (Å²) < 4.78 is 45.8. The molecule has 0 saturated carbocycles. The lowest BCUT2D eigenvalue weighted by molar-refractivity contribution is -0.131. The highest BCUT2D eigenvalue weighted by Crippen LogP contribution is 2.35. The van der Waals surface area contributed by atoms with Crippen molar-refractivity contribution in [1.29, 1.82) is 0 Å². The first kappa shape index (κ1) is 19.6. The van der Waals surface area contributed by atoms with Crippen LogP contribution in [0.3, 0.4) is 0 Å². The number of benzene rings is 1. The minimum absolute atomic E-state index is 0.0714. The van der Waals surface area contributed by atoms with Crippen LogP contribution in [-0.4, -0.2) is 39.1 Å². The van der Waals surface area contributed by atoms with Gasteiger partial charge in [-0.15, -0.1) is 6.58 Å². The average Bonchev–Trinajstić information content (AvgIpc) is 2.57. The molecule has 2 atom stereocenters. The van der Waals surface area contributed by atoms with Crippen molar-refractivity contribution in [2.45, 2.75) is 42.5 Å². The standard InChI is InChI=1S/C18H24FNO4S/c1-3-16(15-6-4-14(2)5-7-15)25(22,23)17(24-13-21)12-18(19)8-10-20-11-9-18/h3-7,13,16-17,20H,1,8-12H2,2H3. The lowest BCUT2D eigenvalue weighted by Gasteiger charge is -2.33. The van der Waals surface area contributed by atoms with Crippen LogP contribution < -0.4 is 5.32 Å². The molecule has 25 heavy (non-hydrogen) atoms. The van der Waals surface area contributed by atoms with Gasteiger partial charge in [0.2, 0.25) is 5.44 Å². The molecular weight excluding hydrogens is 345 g/mol. The summed E-state index contributed by atoms with van der Waals surface area (Å²) >= 11 is 0. The van der Waals surface area contributed by atoms with E-state index < -0.39 is 26.2 Å². The number of ether oxygens (including phenoxy) is 1. The number of alkyl halides is 1. The molecule has 0 bridgehead atoms. The molecule has 0 aliphatic carbocycles. The first-order chi connectivity index (χ1) is 11.8. The Labute approximate surface area is 148 Å². The normalized spacial score (nSPS) is 19.6. The quantitative estimate of drug-likeness (QED) is 0.563. The van der Waals surface area contributed by atoms with Crippen LogP contribution in [0.4, 0.5) is 4.39 Å². The van der Waals surface area contributed by atoms with E-state index in [2.05, 4.69) is 11.9 Å². The van der Waals surface area contributed by atoms with Crippen molar-refractivity contribution in [3.63, 3.8) is 0 Å². The fourth-order valence-corrected chi connectivity index (χ4v) is 4.92. The van der Waals surface area contributed by atoms with Gasteiger partial charge in [-0.1, -0.05) is 35.9 Å². The van der Waals surface area contributed by atoms with E-state index in [0.717, 1.165) is 5.56 Å². The van der Waals surface area contributed by atoms with Crippen LogP contribution in [-0.2, 0) is 19.4 Å². The van der Waals surface area contributed by atoms with E-state index in [9.17, 15) is 17.6 Å². The summed E-state index contributed by atoms with van der Waals surface area (Å²) in [5.74, 6) is 0. The first-order valence-corrected chi connectivity index (χ1v) is 9.84. The maximum Gasteiger partial charge on any atom is 0.294 e. The zero-order chi connectivity index (χ0) is 18.5. The Kier molecular flexibility index (Phi) is 6.35. The third-order valence-corrected chi connectivity index (χ3v) is 6.76. The monoisotopic (exact) mass is 369 g/mol. The molecule has 0 aromatic heterocycles. The van der Waals surface area contributed by atoms with E-state index in [1.54, 1.807) is 24.3 Å². The molecular formula is C18H24FNO4S. The fraction of sp³-hybridized carbons (Fsp3) is 0.500. The van der Waals surface area contributed by atoms with Gasteiger partial charge in [-0.05, 0) is 38.4 Å². The van der Waals surface area contributed by atoms with Crippen LogP contribution >= 0.6 is 0 Å². The number of piperidine rings is 1. The van der Waals surface area contributed by atoms with Crippen LogP contribution in [0.1, 0.15) is 35.6 Å². The second kappa shape index (κ2) is 8.10. The zero-order valence-electron chi connectivity index (χ0n) is 14.3. The van der Waals surface area contributed by atoms with Gasteiger partial charge in [-0.3, -0.25) is 4.79 Å². The number of aryl methyl sites for hydroxylation is 1. The molecule has 2 rings (SSSR count). The van der Waals surface area contributed by atoms with E-state index >= 15 is 0 Å². The Hall–Kier alpha value is -1.73. The number of sulfone groups is 1. The molecule has 0 spiro atoms. The largest absolute Gasteiger partial charge is 0.448 e. The Balaban J connectivity index is 2.31. The van der Waals surface area contributed by atoms with Crippen molar-refractivity contribution in [2.24, 2.45) is 0 Å². The highest BCUT2D eigenvalue weighted by molar-refractivity contribution is 7.92. The summed E-state index contributed by atoms with van der Waals surface area (Å²) in [5, 5.41) is 1.97. The van der Waals surface area contributed by atoms with Crippen molar-refractivity contribution in [3.8, 4) is 0 Å². The Morgan fingerprint density at radius 2 is 1.92 bits per heavy atom. The van der Waals surface area contributed by atoms with E-state index in [-0.39, 0.29) is 25.7 Å². The van der Waals surface area contributed by atoms with Gasteiger partial charge in [0.25, 0.3) is 6.47 Å². The number of hydrogen-bond acceptors (Lipinski definition) is 5. The van der Waals surface area contributed by atoms with Crippen molar-refractivity contribution in [1.82, 2.24) is 5.32 Å². The van der Waals surface area contributed by atoms with Crippen LogP contribution in [0.15, 0.2) is 36.9 Å². The summed E-state index contributed by atoms with van der Waals surface area (Å²) in [5.41, 5.74) is -1.72. The Bertz CT molecular complexity index is 696. The van der Waals surface area contributed by atoms with Gasteiger partial charge in [-0.2, -0.15) is 0 Å². The van der Waals surface area contributed by atoms with Crippen LogP contribution in [0.5, 0.6) is 0 Å². The topological polar surface area (TPSA) is 72.5 Å². The second-order valence-corrected chi connectivity index (χ2v) is 8.63. The minimum Gasteiger partial charge on any atom is -0.448 e. The summed E-state index contributed by atoms with van der Waals surface area (Å²) in [6.07, 6.45) is 1.29. The molecule has 1 aromatic rings. The van der Waals surface area contributed by atoms with Crippen LogP contribution in [0.25, 0.3) is 0 Å². The van der Waals surface area contributed by atoms with E-state index in [4.69, 9.17) is 4.74 Å². The maximum atomic E-state index is 15.0. The number of rotatable bonds is 8.